The lowest BCUT2D eigenvalue weighted by atomic mass is 10.1. The minimum atomic E-state index is -0.155. The monoisotopic (exact) mass is 242 g/mol. The SMILES string of the molecule is CCCCCCCCCC(=O)NNC(=O)CC. The maximum absolute atomic E-state index is 11.3. The molecule has 100 valence electrons. The summed E-state index contributed by atoms with van der Waals surface area (Å²) < 4.78 is 0. The molecule has 0 aliphatic carbocycles. The summed E-state index contributed by atoms with van der Waals surface area (Å²) in [5.41, 5.74) is 4.77. The summed E-state index contributed by atoms with van der Waals surface area (Å²) in [5, 5.41) is 0. The molecule has 0 saturated carbocycles. The number of hydrogen-bond donors (Lipinski definition) is 2. The zero-order valence-corrected chi connectivity index (χ0v) is 11.2. The van der Waals surface area contributed by atoms with Crippen molar-refractivity contribution in [3.05, 3.63) is 0 Å². The fourth-order valence-corrected chi connectivity index (χ4v) is 1.53. The van der Waals surface area contributed by atoms with E-state index in [0.29, 0.717) is 12.8 Å². The molecule has 0 aromatic rings. The second-order valence-electron chi connectivity index (χ2n) is 4.32. The maximum Gasteiger partial charge on any atom is 0.238 e. The molecule has 2 N–H and O–H groups in total. The van der Waals surface area contributed by atoms with Gasteiger partial charge in [0.05, 0.1) is 0 Å². The Morgan fingerprint density at radius 2 is 1.29 bits per heavy atom. The fraction of sp³-hybridized carbons (Fsp3) is 0.846. The normalized spacial score (nSPS) is 10.0. The van der Waals surface area contributed by atoms with Crippen LogP contribution in [-0.2, 0) is 9.59 Å². The maximum atomic E-state index is 11.3. The average molecular weight is 242 g/mol. The Bertz CT molecular complexity index is 217. The van der Waals surface area contributed by atoms with Crippen LogP contribution in [0.3, 0.4) is 0 Å². The van der Waals surface area contributed by atoms with Crippen molar-refractivity contribution in [1.82, 2.24) is 10.9 Å². The van der Waals surface area contributed by atoms with Crippen LogP contribution in [0.1, 0.15) is 71.6 Å². The van der Waals surface area contributed by atoms with Gasteiger partial charge in [-0.25, -0.2) is 0 Å². The number of rotatable bonds is 9. The van der Waals surface area contributed by atoms with Gasteiger partial charge < -0.3 is 0 Å². The van der Waals surface area contributed by atoms with Crippen molar-refractivity contribution >= 4 is 11.8 Å². The molecule has 4 heteroatoms. The molecule has 0 aromatic carbocycles. The molecular formula is C13H26N2O2. The first-order chi connectivity index (χ1) is 8.20. The van der Waals surface area contributed by atoms with Crippen LogP contribution in [-0.4, -0.2) is 11.8 Å². The third kappa shape index (κ3) is 11.2. The molecule has 0 spiro atoms. The quantitative estimate of drug-likeness (QED) is 0.482. The van der Waals surface area contributed by atoms with Crippen molar-refractivity contribution in [3.8, 4) is 0 Å². The van der Waals surface area contributed by atoms with Crippen molar-refractivity contribution in [2.45, 2.75) is 71.6 Å². The zero-order chi connectivity index (χ0) is 12.9. The number of amides is 2. The van der Waals surface area contributed by atoms with Gasteiger partial charge in [0, 0.05) is 12.8 Å². The molecule has 0 radical (unpaired) electrons. The van der Waals surface area contributed by atoms with Gasteiger partial charge in [-0.1, -0.05) is 52.4 Å². The summed E-state index contributed by atoms with van der Waals surface area (Å²) in [6, 6.07) is 0. The summed E-state index contributed by atoms with van der Waals surface area (Å²) >= 11 is 0. The molecule has 0 unspecified atom stereocenters. The smallest absolute Gasteiger partial charge is 0.238 e. The fourth-order valence-electron chi connectivity index (χ4n) is 1.53. The molecule has 2 amide bonds. The predicted molar refractivity (Wildman–Crippen MR) is 69.2 cm³/mol. The molecule has 0 saturated heterocycles. The van der Waals surface area contributed by atoms with Gasteiger partial charge in [0.15, 0.2) is 0 Å². The Hall–Kier alpha value is -1.06. The number of carbonyl (C=O) groups is 2. The highest BCUT2D eigenvalue weighted by Gasteiger charge is 2.02. The molecule has 0 aliphatic heterocycles. The molecule has 17 heavy (non-hydrogen) atoms. The average Bonchev–Trinajstić information content (AvgIpc) is 2.34. The van der Waals surface area contributed by atoms with Crippen LogP contribution in [0.5, 0.6) is 0 Å². The molecule has 4 nitrogen and oxygen atoms in total. The van der Waals surface area contributed by atoms with Gasteiger partial charge in [0.25, 0.3) is 0 Å². The molecule has 0 fully saturated rings. The van der Waals surface area contributed by atoms with E-state index in [1.807, 2.05) is 0 Å². The van der Waals surface area contributed by atoms with E-state index in [2.05, 4.69) is 17.8 Å². The highest BCUT2D eigenvalue weighted by molar-refractivity contribution is 5.81. The molecule has 0 atom stereocenters. The van der Waals surface area contributed by atoms with Crippen LogP contribution in [0.15, 0.2) is 0 Å². The Kier molecular flexibility index (Phi) is 10.7. The predicted octanol–water partition coefficient (Wildman–Crippen LogP) is 2.68. The molecular weight excluding hydrogens is 216 g/mol. The number of unbranched alkanes of at least 4 members (excludes halogenated alkanes) is 6. The third-order valence-corrected chi connectivity index (χ3v) is 2.67. The van der Waals surface area contributed by atoms with Crippen molar-refractivity contribution in [1.29, 1.82) is 0 Å². The van der Waals surface area contributed by atoms with Crippen molar-refractivity contribution in [2.24, 2.45) is 0 Å². The Morgan fingerprint density at radius 3 is 1.88 bits per heavy atom. The first kappa shape index (κ1) is 15.9. The summed E-state index contributed by atoms with van der Waals surface area (Å²) in [5.74, 6) is -0.252. The number of hydrogen-bond acceptors (Lipinski definition) is 2. The summed E-state index contributed by atoms with van der Waals surface area (Å²) in [7, 11) is 0. The second kappa shape index (κ2) is 11.4. The lowest BCUT2D eigenvalue weighted by Crippen LogP contribution is -2.41. The number of nitrogens with one attached hydrogen (secondary N) is 2. The molecule has 0 rings (SSSR count). The van der Waals surface area contributed by atoms with Gasteiger partial charge in [-0.2, -0.15) is 0 Å². The van der Waals surface area contributed by atoms with E-state index in [-0.39, 0.29) is 11.8 Å². The number of carbonyl (C=O) groups excluding carboxylic acids is 2. The van der Waals surface area contributed by atoms with E-state index in [1.54, 1.807) is 6.92 Å². The Balaban J connectivity index is 3.25. The third-order valence-electron chi connectivity index (χ3n) is 2.67. The summed E-state index contributed by atoms with van der Waals surface area (Å²) in [4.78, 5) is 22.1. The Morgan fingerprint density at radius 1 is 0.765 bits per heavy atom. The van der Waals surface area contributed by atoms with Gasteiger partial charge in [0.1, 0.15) is 0 Å². The van der Waals surface area contributed by atoms with Gasteiger partial charge in [0.2, 0.25) is 11.8 Å². The largest absolute Gasteiger partial charge is 0.273 e. The van der Waals surface area contributed by atoms with Crippen LogP contribution in [0, 0.1) is 0 Å². The number of hydrazine groups is 1. The van der Waals surface area contributed by atoms with E-state index in [1.165, 1.54) is 32.1 Å². The minimum absolute atomic E-state index is 0.0969. The molecule has 0 heterocycles. The highest BCUT2D eigenvalue weighted by Crippen LogP contribution is 2.07. The zero-order valence-electron chi connectivity index (χ0n) is 11.2. The van der Waals surface area contributed by atoms with Crippen molar-refractivity contribution < 1.29 is 9.59 Å². The standard InChI is InChI=1S/C13H26N2O2/c1-3-5-6-7-8-9-10-11-13(17)15-14-12(16)4-2/h3-11H2,1-2H3,(H,14,16)(H,15,17). The first-order valence-electron chi connectivity index (χ1n) is 6.78. The van der Waals surface area contributed by atoms with Gasteiger partial charge in [-0.3, -0.25) is 20.4 Å². The van der Waals surface area contributed by atoms with Crippen LogP contribution < -0.4 is 10.9 Å². The van der Waals surface area contributed by atoms with Crippen LogP contribution in [0.2, 0.25) is 0 Å². The van der Waals surface area contributed by atoms with Gasteiger partial charge in [-0.15, -0.1) is 0 Å². The van der Waals surface area contributed by atoms with Crippen molar-refractivity contribution in [3.63, 3.8) is 0 Å². The van der Waals surface area contributed by atoms with Crippen LogP contribution in [0.25, 0.3) is 0 Å². The summed E-state index contributed by atoms with van der Waals surface area (Å²) in [6.07, 6.45) is 9.23. The summed E-state index contributed by atoms with van der Waals surface area (Å²) in [6.45, 7) is 3.95. The second-order valence-corrected chi connectivity index (χ2v) is 4.32. The molecule has 0 aromatic heterocycles. The van der Waals surface area contributed by atoms with E-state index in [0.717, 1.165) is 12.8 Å². The van der Waals surface area contributed by atoms with E-state index >= 15 is 0 Å². The minimum Gasteiger partial charge on any atom is -0.273 e. The molecule has 0 aliphatic rings. The van der Waals surface area contributed by atoms with Crippen LogP contribution in [0.4, 0.5) is 0 Å². The van der Waals surface area contributed by atoms with Gasteiger partial charge in [-0.05, 0) is 6.42 Å². The van der Waals surface area contributed by atoms with E-state index < -0.39 is 0 Å². The molecule has 0 bridgehead atoms. The van der Waals surface area contributed by atoms with Gasteiger partial charge >= 0.3 is 0 Å². The lowest BCUT2D eigenvalue weighted by molar-refractivity contribution is -0.128. The van der Waals surface area contributed by atoms with Crippen LogP contribution >= 0.6 is 0 Å². The van der Waals surface area contributed by atoms with E-state index in [4.69, 9.17) is 0 Å². The van der Waals surface area contributed by atoms with Crippen molar-refractivity contribution in [2.75, 3.05) is 0 Å². The Labute approximate surface area is 105 Å². The lowest BCUT2D eigenvalue weighted by Gasteiger charge is -2.05. The highest BCUT2D eigenvalue weighted by atomic mass is 16.2. The topological polar surface area (TPSA) is 58.2 Å². The first-order valence-corrected chi connectivity index (χ1v) is 6.78. The van der Waals surface area contributed by atoms with E-state index in [9.17, 15) is 9.59 Å².